The van der Waals surface area contributed by atoms with Crippen LogP contribution in [0.1, 0.15) is 11.3 Å². The number of ether oxygens (including phenoxy) is 1. The molecule has 0 atom stereocenters. The minimum absolute atomic E-state index is 0.0795. The van der Waals surface area contributed by atoms with Gasteiger partial charge in [-0.15, -0.1) is 0 Å². The molecule has 1 aromatic heterocycles. The van der Waals surface area contributed by atoms with Gasteiger partial charge < -0.3 is 14.9 Å². The molecule has 1 aromatic carbocycles. The highest BCUT2D eigenvalue weighted by atomic mass is 16.5. The molecular weight excluding hydrogens is 232 g/mol. The van der Waals surface area contributed by atoms with Gasteiger partial charge >= 0.3 is 0 Å². The molecule has 0 amide bonds. The first-order valence-electron chi connectivity index (χ1n) is 5.76. The highest BCUT2D eigenvalue weighted by Crippen LogP contribution is 2.25. The number of aromatic nitrogens is 2. The SMILES string of the molecule is Cc1nn(-c2ccccc2)c(OCCO)c1CO. The quantitative estimate of drug-likeness (QED) is 0.829. The fourth-order valence-electron chi connectivity index (χ4n) is 1.76. The van der Waals surface area contributed by atoms with E-state index >= 15 is 0 Å². The van der Waals surface area contributed by atoms with Crippen molar-refractivity contribution in [2.75, 3.05) is 13.2 Å². The Bertz CT molecular complexity index is 508. The molecule has 2 N–H and O–H groups in total. The number of aryl methyl sites for hydroxylation is 1. The molecule has 0 saturated heterocycles. The zero-order valence-electron chi connectivity index (χ0n) is 10.2. The van der Waals surface area contributed by atoms with Gasteiger partial charge in [0.15, 0.2) is 0 Å². The van der Waals surface area contributed by atoms with Crippen LogP contribution in [-0.4, -0.2) is 33.2 Å². The number of aliphatic hydroxyl groups is 2. The number of aliphatic hydroxyl groups excluding tert-OH is 2. The predicted molar refractivity (Wildman–Crippen MR) is 66.8 cm³/mol. The molecule has 0 spiro atoms. The maximum Gasteiger partial charge on any atom is 0.222 e. The zero-order valence-corrected chi connectivity index (χ0v) is 10.2. The van der Waals surface area contributed by atoms with Crippen molar-refractivity contribution in [3.63, 3.8) is 0 Å². The second-order valence-electron chi connectivity index (χ2n) is 3.85. The smallest absolute Gasteiger partial charge is 0.222 e. The van der Waals surface area contributed by atoms with Crippen LogP contribution in [0, 0.1) is 6.92 Å². The fraction of sp³-hybridized carbons (Fsp3) is 0.308. The number of para-hydroxylation sites is 1. The summed E-state index contributed by atoms with van der Waals surface area (Å²) in [6.45, 7) is 1.77. The van der Waals surface area contributed by atoms with Crippen molar-refractivity contribution in [1.82, 2.24) is 9.78 Å². The minimum atomic E-state index is -0.139. The van der Waals surface area contributed by atoms with Crippen molar-refractivity contribution in [1.29, 1.82) is 0 Å². The molecule has 96 valence electrons. The van der Waals surface area contributed by atoms with Gasteiger partial charge in [0, 0.05) is 0 Å². The average Bonchev–Trinajstić information content (AvgIpc) is 2.73. The summed E-state index contributed by atoms with van der Waals surface area (Å²) in [7, 11) is 0. The maximum absolute atomic E-state index is 9.36. The molecule has 0 unspecified atom stereocenters. The van der Waals surface area contributed by atoms with Gasteiger partial charge in [-0.3, -0.25) is 0 Å². The lowest BCUT2D eigenvalue weighted by molar-refractivity contribution is 0.188. The summed E-state index contributed by atoms with van der Waals surface area (Å²) in [5, 5.41) is 22.6. The molecule has 5 nitrogen and oxygen atoms in total. The standard InChI is InChI=1S/C13H16N2O3/c1-10-12(9-17)13(18-8-7-16)15(14-10)11-5-3-2-4-6-11/h2-6,16-17H,7-9H2,1H3. The monoisotopic (exact) mass is 248 g/mol. The van der Waals surface area contributed by atoms with E-state index in [1.807, 2.05) is 37.3 Å². The van der Waals surface area contributed by atoms with Gasteiger partial charge in [-0.1, -0.05) is 18.2 Å². The second-order valence-corrected chi connectivity index (χ2v) is 3.85. The van der Waals surface area contributed by atoms with E-state index in [4.69, 9.17) is 9.84 Å². The highest BCUT2D eigenvalue weighted by Gasteiger charge is 2.16. The molecule has 2 aromatic rings. The third-order valence-electron chi connectivity index (χ3n) is 2.63. The predicted octanol–water partition coefficient (Wildman–Crippen LogP) is 1.04. The lowest BCUT2D eigenvalue weighted by Gasteiger charge is -2.09. The molecule has 1 heterocycles. The van der Waals surface area contributed by atoms with E-state index in [-0.39, 0.29) is 19.8 Å². The molecule has 0 bridgehead atoms. The number of hydrogen-bond acceptors (Lipinski definition) is 4. The first-order valence-corrected chi connectivity index (χ1v) is 5.76. The van der Waals surface area contributed by atoms with Crippen LogP contribution in [0.25, 0.3) is 5.69 Å². The average molecular weight is 248 g/mol. The van der Waals surface area contributed by atoms with Gasteiger partial charge in [-0.25, -0.2) is 4.68 Å². The van der Waals surface area contributed by atoms with Gasteiger partial charge in [0.05, 0.1) is 30.2 Å². The van der Waals surface area contributed by atoms with Crippen LogP contribution in [0.4, 0.5) is 0 Å². The van der Waals surface area contributed by atoms with Crippen LogP contribution in [0.3, 0.4) is 0 Å². The Labute approximate surface area is 105 Å². The molecule has 0 saturated carbocycles. The van der Waals surface area contributed by atoms with Crippen molar-refractivity contribution in [2.24, 2.45) is 0 Å². The summed E-state index contributed by atoms with van der Waals surface area (Å²) >= 11 is 0. The van der Waals surface area contributed by atoms with E-state index < -0.39 is 0 Å². The topological polar surface area (TPSA) is 67.5 Å². The van der Waals surface area contributed by atoms with Crippen LogP contribution >= 0.6 is 0 Å². The molecule has 18 heavy (non-hydrogen) atoms. The van der Waals surface area contributed by atoms with Crippen LogP contribution in [-0.2, 0) is 6.61 Å². The minimum Gasteiger partial charge on any atom is -0.475 e. The van der Waals surface area contributed by atoms with Crippen LogP contribution in [0.2, 0.25) is 0 Å². The number of rotatable bonds is 5. The second kappa shape index (κ2) is 5.66. The van der Waals surface area contributed by atoms with Gasteiger partial charge in [0.25, 0.3) is 0 Å². The van der Waals surface area contributed by atoms with Crippen LogP contribution in [0.5, 0.6) is 5.88 Å². The van der Waals surface area contributed by atoms with E-state index in [0.29, 0.717) is 17.1 Å². The van der Waals surface area contributed by atoms with E-state index in [2.05, 4.69) is 5.10 Å². The molecule has 2 rings (SSSR count). The van der Waals surface area contributed by atoms with E-state index in [9.17, 15) is 5.11 Å². The van der Waals surface area contributed by atoms with Crippen molar-refractivity contribution in [2.45, 2.75) is 13.5 Å². The van der Waals surface area contributed by atoms with Crippen LogP contribution in [0.15, 0.2) is 30.3 Å². The molecule has 5 heteroatoms. The number of benzene rings is 1. The summed E-state index contributed by atoms with van der Waals surface area (Å²) in [4.78, 5) is 0. The van der Waals surface area contributed by atoms with Crippen molar-refractivity contribution in [3.05, 3.63) is 41.6 Å². The third-order valence-corrected chi connectivity index (χ3v) is 2.63. The highest BCUT2D eigenvalue weighted by molar-refractivity contribution is 5.40. The number of nitrogens with zero attached hydrogens (tertiary/aromatic N) is 2. The van der Waals surface area contributed by atoms with Gasteiger partial charge in [0.2, 0.25) is 5.88 Å². The zero-order chi connectivity index (χ0) is 13.0. The lowest BCUT2D eigenvalue weighted by Crippen LogP contribution is -2.08. The van der Waals surface area contributed by atoms with E-state index in [1.54, 1.807) is 4.68 Å². The molecule has 0 radical (unpaired) electrons. The molecule has 0 aliphatic carbocycles. The lowest BCUT2D eigenvalue weighted by atomic mass is 10.2. The number of hydrogen-bond donors (Lipinski definition) is 2. The van der Waals surface area contributed by atoms with Crippen LogP contribution < -0.4 is 4.74 Å². The van der Waals surface area contributed by atoms with Gasteiger partial charge in [0.1, 0.15) is 6.61 Å². The van der Waals surface area contributed by atoms with Gasteiger partial charge in [-0.2, -0.15) is 5.10 Å². The fourth-order valence-corrected chi connectivity index (χ4v) is 1.76. The molecule has 0 aliphatic heterocycles. The normalized spacial score (nSPS) is 10.6. The van der Waals surface area contributed by atoms with Gasteiger partial charge in [-0.05, 0) is 19.1 Å². The van der Waals surface area contributed by atoms with E-state index in [0.717, 1.165) is 5.69 Å². The third kappa shape index (κ3) is 2.37. The van der Waals surface area contributed by atoms with Crippen molar-refractivity contribution < 1.29 is 14.9 Å². The van der Waals surface area contributed by atoms with E-state index in [1.165, 1.54) is 0 Å². The van der Waals surface area contributed by atoms with Crippen molar-refractivity contribution in [3.8, 4) is 11.6 Å². The Balaban J connectivity index is 2.46. The summed E-state index contributed by atoms with van der Waals surface area (Å²) in [5.74, 6) is 0.482. The Morgan fingerprint density at radius 3 is 2.56 bits per heavy atom. The largest absolute Gasteiger partial charge is 0.475 e. The van der Waals surface area contributed by atoms with Crippen molar-refractivity contribution >= 4 is 0 Å². The summed E-state index contributed by atoms with van der Waals surface area (Å²) in [6, 6.07) is 9.53. The summed E-state index contributed by atoms with van der Waals surface area (Å²) in [5.41, 5.74) is 2.22. The Kier molecular flexibility index (Phi) is 3.96. The maximum atomic E-state index is 9.36. The molecule has 0 aliphatic rings. The summed E-state index contributed by atoms with van der Waals surface area (Å²) < 4.78 is 7.11. The Morgan fingerprint density at radius 1 is 1.22 bits per heavy atom. The first kappa shape index (κ1) is 12.6. The Hall–Kier alpha value is -1.85. The Morgan fingerprint density at radius 2 is 1.94 bits per heavy atom. The first-order chi connectivity index (χ1) is 8.77. The summed E-state index contributed by atoms with van der Waals surface area (Å²) in [6.07, 6.45) is 0. The molecular formula is C13H16N2O3. The molecule has 0 fully saturated rings.